The number of pyridine rings is 1. The molecule has 0 fully saturated rings. The van der Waals surface area contributed by atoms with Crippen molar-refractivity contribution in [2.45, 2.75) is 39.0 Å². The molecule has 1 nitrogen and oxygen atoms in total. The maximum atomic E-state index is 4.51. The minimum Gasteiger partial charge on any atom is -0.260 e. The molecular formula is C12H17N. The largest absolute Gasteiger partial charge is 0.260 e. The highest BCUT2D eigenvalue weighted by Crippen LogP contribution is 2.48. The van der Waals surface area contributed by atoms with E-state index in [1.807, 2.05) is 12.3 Å². The van der Waals surface area contributed by atoms with Gasteiger partial charge in [-0.05, 0) is 23.5 Å². The summed E-state index contributed by atoms with van der Waals surface area (Å²) < 4.78 is 0. The molecule has 2 atom stereocenters. The van der Waals surface area contributed by atoms with Crippen molar-refractivity contribution in [3.8, 4) is 0 Å². The number of aromatic nitrogens is 1. The third kappa shape index (κ3) is 1.03. The van der Waals surface area contributed by atoms with Crippen molar-refractivity contribution in [3.05, 3.63) is 29.6 Å². The van der Waals surface area contributed by atoms with Crippen molar-refractivity contribution in [2.75, 3.05) is 0 Å². The topological polar surface area (TPSA) is 12.9 Å². The van der Waals surface area contributed by atoms with Crippen molar-refractivity contribution >= 4 is 0 Å². The molecule has 0 radical (unpaired) electrons. The number of hydrogen-bond acceptors (Lipinski definition) is 1. The van der Waals surface area contributed by atoms with Gasteiger partial charge in [0.25, 0.3) is 0 Å². The molecule has 1 aromatic heterocycles. The van der Waals surface area contributed by atoms with Gasteiger partial charge >= 0.3 is 0 Å². The molecule has 0 spiro atoms. The molecular weight excluding hydrogens is 158 g/mol. The summed E-state index contributed by atoms with van der Waals surface area (Å²) in [6, 6.07) is 4.27. The Bertz CT molecular complexity index is 328. The summed E-state index contributed by atoms with van der Waals surface area (Å²) in [6.07, 6.45) is 1.91. The number of hydrogen-bond donors (Lipinski definition) is 0. The van der Waals surface area contributed by atoms with Crippen LogP contribution in [-0.2, 0) is 5.41 Å². The summed E-state index contributed by atoms with van der Waals surface area (Å²) in [4.78, 5) is 4.51. The van der Waals surface area contributed by atoms with Crippen LogP contribution >= 0.6 is 0 Å². The van der Waals surface area contributed by atoms with Crippen molar-refractivity contribution in [1.82, 2.24) is 4.98 Å². The van der Waals surface area contributed by atoms with Crippen LogP contribution in [0.15, 0.2) is 18.3 Å². The summed E-state index contributed by atoms with van der Waals surface area (Å²) in [5, 5.41) is 0. The molecule has 0 unspecified atom stereocenters. The molecule has 0 saturated carbocycles. The van der Waals surface area contributed by atoms with E-state index in [9.17, 15) is 0 Å². The van der Waals surface area contributed by atoms with Gasteiger partial charge in [-0.2, -0.15) is 0 Å². The lowest BCUT2D eigenvalue weighted by Gasteiger charge is -2.25. The fourth-order valence-corrected chi connectivity index (χ4v) is 2.43. The first-order chi connectivity index (χ1) is 6.05. The Labute approximate surface area is 80.2 Å². The number of fused-ring (bicyclic) bond motifs is 1. The molecule has 1 aromatic rings. The Morgan fingerprint density at radius 3 is 2.62 bits per heavy atom. The van der Waals surface area contributed by atoms with Gasteiger partial charge in [0, 0.05) is 17.3 Å². The first-order valence-electron chi connectivity index (χ1n) is 5.00. The monoisotopic (exact) mass is 175 g/mol. The molecule has 0 aliphatic heterocycles. The van der Waals surface area contributed by atoms with Crippen molar-refractivity contribution in [2.24, 2.45) is 5.92 Å². The van der Waals surface area contributed by atoms with Gasteiger partial charge in [0.05, 0.1) is 0 Å². The van der Waals surface area contributed by atoms with Gasteiger partial charge in [-0.1, -0.05) is 33.8 Å². The predicted molar refractivity (Wildman–Crippen MR) is 54.8 cm³/mol. The molecule has 0 N–H and O–H groups in total. The average Bonchev–Trinajstić information content (AvgIpc) is 2.30. The Balaban J connectivity index is 2.61. The van der Waals surface area contributed by atoms with Crippen LogP contribution in [0.5, 0.6) is 0 Å². The SMILES string of the molecule is C[C@@H]1[C@@H](C)c2cccnc2C1(C)C. The van der Waals surface area contributed by atoms with Crippen molar-refractivity contribution in [3.63, 3.8) is 0 Å². The van der Waals surface area contributed by atoms with Gasteiger partial charge < -0.3 is 0 Å². The van der Waals surface area contributed by atoms with E-state index < -0.39 is 0 Å². The zero-order valence-electron chi connectivity index (χ0n) is 8.83. The molecule has 0 saturated heterocycles. The summed E-state index contributed by atoms with van der Waals surface area (Å²) in [7, 11) is 0. The molecule has 0 aromatic carbocycles. The van der Waals surface area contributed by atoms with Gasteiger partial charge in [-0.3, -0.25) is 4.98 Å². The lowest BCUT2D eigenvalue weighted by Crippen LogP contribution is -2.23. The number of rotatable bonds is 0. The zero-order valence-corrected chi connectivity index (χ0v) is 8.83. The molecule has 0 amide bonds. The second-order valence-corrected chi connectivity index (χ2v) is 4.74. The Morgan fingerprint density at radius 2 is 2.00 bits per heavy atom. The first-order valence-corrected chi connectivity index (χ1v) is 5.00. The van der Waals surface area contributed by atoms with Crippen molar-refractivity contribution < 1.29 is 0 Å². The smallest absolute Gasteiger partial charge is 0.0497 e. The van der Waals surface area contributed by atoms with E-state index in [1.165, 1.54) is 11.3 Å². The molecule has 2 rings (SSSR count). The molecule has 1 heteroatoms. The van der Waals surface area contributed by atoms with Crippen LogP contribution in [-0.4, -0.2) is 4.98 Å². The summed E-state index contributed by atoms with van der Waals surface area (Å²) >= 11 is 0. The quantitative estimate of drug-likeness (QED) is 0.590. The normalized spacial score (nSPS) is 30.2. The second-order valence-electron chi connectivity index (χ2n) is 4.74. The average molecular weight is 175 g/mol. The van der Waals surface area contributed by atoms with E-state index in [-0.39, 0.29) is 5.41 Å². The highest BCUT2D eigenvalue weighted by molar-refractivity contribution is 5.37. The fraction of sp³-hybridized carbons (Fsp3) is 0.583. The zero-order chi connectivity index (χ0) is 9.64. The minimum absolute atomic E-state index is 0.246. The Kier molecular flexibility index (Phi) is 1.73. The lowest BCUT2D eigenvalue weighted by atomic mass is 9.79. The van der Waals surface area contributed by atoms with Crippen LogP contribution in [0, 0.1) is 5.92 Å². The van der Waals surface area contributed by atoms with E-state index in [1.54, 1.807) is 0 Å². The van der Waals surface area contributed by atoms with E-state index >= 15 is 0 Å². The first kappa shape index (κ1) is 8.74. The van der Waals surface area contributed by atoms with Crippen LogP contribution in [0.25, 0.3) is 0 Å². The molecule has 70 valence electrons. The summed E-state index contributed by atoms with van der Waals surface area (Å²) in [5.41, 5.74) is 2.99. The van der Waals surface area contributed by atoms with Gasteiger partial charge in [-0.15, -0.1) is 0 Å². The highest BCUT2D eigenvalue weighted by Gasteiger charge is 2.42. The molecule has 13 heavy (non-hydrogen) atoms. The number of nitrogens with zero attached hydrogens (tertiary/aromatic N) is 1. The van der Waals surface area contributed by atoms with Gasteiger partial charge in [0.2, 0.25) is 0 Å². The molecule has 1 aliphatic carbocycles. The van der Waals surface area contributed by atoms with Crippen LogP contribution in [0.3, 0.4) is 0 Å². The summed E-state index contributed by atoms with van der Waals surface area (Å²) in [6.45, 7) is 9.23. The second kappa shape index (κ2) is 2.57. The van der Waals surface area contributed by atoms with E-state index in [0.717, 1.165) is 0 Å². The molecule has 1 heterocycles. The Hall–Kier alpha value is -0.850. The van der Waals surface area contributed by atoms with Crippen LogP contribution in [0.2, 0.25) is 0 Å². The third-order valence-electron chi connectivity index (χ3n) is 3.83. The van der Waals surface area contributed by atoms with Crippen molar-refractivity contribution in [1.29, 1.82) is 0 Å². The standard InChI is InChI=1S/C12H17N/c1-8-9(2)12(3,4)11-10(8)6-5-7-13-11/h5-9H,1-4H3/t8-,9-/m1/s1. The van der Waals surface area contributed by atoms with Gasteiger partial charge in [0.15, 0.2) is 0 Å². The molecule has 0 bridgehead atoms. The maximum absolute atomic E-state index is 4.51. The van der Waals surface area contributed by atoms with Gasteiger partial charge in [0.1, 0.15) is 0 Å². The predicted octanol–water partition coefficient (Wildman–Crippen LogP) is 3.11. The van der Waals surface area contributed by atoms with Crippen LogP contribution in [0.1, 0.15) is 44.9 Å². The minimum atomic E-state index is 0.246. The maximum Gasteiger partial charge on any atom is 0.0497 e. The van der Waals surface area contributed by atoms with Gasteiger partial charge in [-0.25, -0.2) is 0 Å². The summed E-state index contributed by atoms with van der Waals surface area (Å²) in [5.74, 6) is 1.34. The van der Waals surface area contributed by atoms with Crippen LogP contribution < -0.4 is 0 Å². The fourth-order valence-electron chi connectivity index (χ4n) is 2.43. The lowest BCUT2D eigenvalue weighted by molar-refractivity contribution is 0.337. The molecule has 1 aliphatic rings. The van der Waals surface area contributed by atoms with E-state index in [4.69, 9.17) is 0 Å². The third-order valence-corrected chi connectivity index (χ3v) is 3.83. The van der Waals surface area contributed by atoms with E-state index in [0.29, 0.717) is 11.8 Å². The highest BCUT2D eigenvalue weighted by atomic mass is 14.7. The van der Waals surface area contributed by atoms with E-state index in [2.05, 4.69) is 38.7 Å². The van der Waals surface area contributed by atoms with Crippen LogP contribution in [0.4, 0.5) is 0 Å². The Morgan fingerprint density at radius 1 is 1.31 bits per heavy atom.